The van der Waals surface area contributed by atoms with Crippen molar-refractivity contribution in [2.24, 2.45) is 0 Å². The van der Waals surface area contributed by atoms with Crippen LogP contribution in [0.1, 0.15) is 15.9 Å². The normalized spacial score (nSPS) is 9.68. The van der Waals surface area contributed by atoms with E-state index in [1.807, 2.05) is 6.07 Å². The van der Waals surface area contributed by atoms with Gasteiger partial charge in [-0.25, -0.2) is 4.39 Å². The van der Waals surface area contributed by atoms with Gasteiger partial charge in [0.25, 0.3) is 5.91 Å². The van der Waals surface area contributed by atoms with Crippen LogP contribution in [-0.4, -0.2) is 11.0 Å². The molecule has 4 nitrogen and oxygen atoms in total. The van der Waals surface area contributed by atoms with E-state index in [2.05, 4.69) is 5.32 Å². The largest absolute Gasteiger partial charge is 0.508 e. The molecule has 94 valence electrons. The minimum Gasteiger partial charge on any atom is -0.508 e. The summed E-state index contributed by atoms with van der Waals surface area (Å²) in [5, 5.41) is 20.1. The number of benzene rings is 2. The van der Waals surface area contributed by atoms with Crippen LogP contribution in [0.3, 0.4) is 0 Å². The monoisotopic (exact) mass is 256 g/mol. The Morgan fingerprint density at radius 2 is 1.89 bits per heavy atom. The van der Waals surface area contributed by atoms with Crippen molar-refractivity contribution in [3.05, 3.63) is 59.4 Å². The molecule has 0 saturated carbocycles. The van der Waals surface area contributed by atoms with E-state index >= 15 is 0 Å². The molecule has 0 bridgehead atoms. The minimum atomic E-state index is -0.720. The Labute approximate surface area is 108 Å². The Morgan fingerprint density at radius 1 is 1.21 bits per heavy atom. The van der Waals surface area contributed by atoms with Crippen molar-refractivity contribution in [1.29, 1.82) is 5.26 Å². The third-order valence-electron chi connectivity index (χ3n) is 2.48. The van der Waals surface area contributed by atoms with Gasteiger partial charge in [-0.2, -0.15) is 5.26 Å². The fourth-order valence-electron chi connectivity index (χ4n) is 1.50. The maximum absolute atomic E-state index is 13.4. The highest BCUT2D eigenvalue weighted by molar-refractivity contribution is 6.04. The van der Waals surface area contributed by atoms with Crippen LogP contribution < -0.4 is 5.32 Å². The molecule has 0 atom stereocenters. The summed E-state index contributed by atoms with van der Waals surface area (Å²) in [5.74, 6) is -1.43. The molecule has 2 aromatic rings. The summed E-state index contributed by atoms with van der Waals surface area (Å²) in [7, 11) is 0. The lowest BCUT2D eigenvalue weighted by Gasteiger charge is -2.06. The van der Waals surface area contributed by atoms with Crippen LogP contribution in [0.25, 0.3) is 0 Å². The number of phenols is 1. The number of halogens is 1. The van der Waals surface area contributed by atoms with Crippen molar-refractivity contribution in [3.63, 3.8) is 0 Å². The lowest BCUT2D eigenvalue weighted by Crippen LogP contribution is -2.12. The first-order chi connectivity index (χ1) is 9.10. The first-order valence-corrected chi connectivity index (χ1v) is 5.40. The van der Waals surface area contributed by atoms with E-state index in [4.69, 9.17) is 10.4 Å². The second kappa shape index (κ2) is 5.19. The summed E-state index contributed by atoms with van der Waals surface area (Å²) < 4.78 is 13.4. The molecular weight excluding hydrogens is 247 g/mol. The number of amides is 1. The minimum absolute atomic E-state index is 0.0211. The van der Waals surface area contributed by atoms with Crippen LogP contribution in [0.15, 0.2) is 42.5 Å². The van der Waals surface area contributed by atoms with E-state index in [0.717, 1.165) is 6.07 Å². The number of carbonyl (C=O) groups excluding carboxylic acids is 1. The zero-order valence-electron chi connectivity index (χ0n) is 9.72. The van der Waals surface area contributed by atoms with Gasteiger partial charge in [0.15, 0.2) is 0 Å². The molecule has 0 heterocycles. The van der Waals surface area contributed by atoms with Crippen LogP contribution in [-0.2, 0) is 0 Å². The van der Waals surface area contributed by atoms with Gasteiger partial charge in [-0.3, -0.25) is 4.79 Å². The predicted octanol–water partition coefficient (Wildman–Crippen LogP) is 2.66. The molecule has 1 amide bonds. The van der Waals surface area contributed by atoms with Crippen molar-refractivity contribution < 1.29 is 14.3 Å². The molecule has 0 spiro atoms. The Kier molecular flexibility index (Phi) is 3.44. The molecule has 0 fully saturated rings. The van der Waals surface area contributed by atoms with E-state index in [-0.39, 0.29) is 11.4 Å². The highest BCUT2D eigenvalue weighted by Crippen LogP contribution is 2.20. The summed E-state index contributed by atoms with van der Waals surface area (Å²) in [5.41, 5.74) is 0.728. The summed E-state index contributed by atoms with van der Waals surface area (Å²) in [6, 6.07) is 11.4. The average molecular weight is 256 g/mol. The fourth-order valence-corrected chi connectivity index (χ4v) is 1.50. The summed E-state index contributed by atoms with van der Waals surface area (Å²) in [6.45, 7) is 0. The zero-order chi connectivity index (χ0) is 13.8. The molecule has 0 aliphatic heterocycles. The van der Waals surface area contributed by atoms with Gasteiger partial charge in [0.2, 0.25) is 0 Å². The van der Waals surface area contributed by atoms with Crippen LogP contribution >= 0.6 is 0 Å². The third kappa shape index (κ3) is 2.87. The van der Waals surface area contributed by atoms with Crippen molar-refractivity contribution in [3.8, 4) is 11.8 Å². The van der Waals surface area contributed by atoms with Crippen LogP contribution in [0.2, 0.25) is 0 Å². The maximum atomic E-state index is 13.4. The van der Waals surface area contributed by atoms with Gasteiger partial charge in [0, 0.05) is 11.6 Å². The van der Waals surface area contributed by atoms with E-state index in [1.165, 1.54) is 36.4 Å². The number of rotatable bonds is 2. The number of anilines is 1. The van der Waals surface area contributed by atoms with Crippen molar-refractivity contribution in [2.75, 3.05) is 5.32 Å². The number of nitriles is 1. The van der Waals surface area contributed by atoms with Gasteiger partial charge in [0.1, 0.15) is 11.6 Å². The summed E-state index contributed by atoms with van der Waals surface area (Å²) in [4.78, 5) is 11.8. The summed E-state index contributed by atoms with van der Waals surface area (Å²) >= 11 is 0. The molecule has 0 aliphatic rings. The van der Waals surface area contributed by atoms with Crippen molar-refractivity contribution in [1.82, 2.24) is 0 Å². The highest BCUT2D eigenvalue weighted by Gasteiger charge is 2.09. The molecule has 2 N–H and O–H groups in total. The lowest BCUT2D eigenvalue weighted by atomic mass is 10.1. The van der Waals surface area contributed by atoms with Crippen LogP contribution in [0, 0.1) is 17.1 Å². The van der Waals surface area contributed by atoms with Crippen molar-refractivity contribution >= 4 is 11.6 Å². The Morgan fingerprint density at radius 3 is 2.47 bits per heavy atom. The van der Waals surface area contributed by atoms with Gasteiger partial charge >= 0.3 is 0 Å². The van der Waals surface area contributed by atoms with Gasteiger partial charge < -0.3 is 10.4 Å². The number of aromatic hydroxyl groups is 1. The van der Waals surface area contributed by atoms with E-state index < -0.39 is 11.7 Å². The Hall–Kier alpha value is -2.87. The number of hydrogen-bond donors (Lipinski definition) is 2. The number of hydrogen-bond acceptors (Lipinski definition) is 3. The van der Waals surface area contributed by atoms with Crippen molar-refractivity contribution in [2.45, 2.75) is 0 Å². The standard InChI is InChI=1S/C14H9FN2O2/c15-12-7-11(18)5-6-13(12)17-14(19)10-3-1-9(8-16)2-4-10/h1-7,18H,(H,17,19). The van der Waals surface area contributed by atoms with Crippen LogP contribution in [0.5, 0.6) is 5.75 Å². The fraction of sp³-hybridized carbons (Fsp3) is 0. The molecule has 5 heteroatoms. The topological polar surface area (TPSA) is 73.1 Å². The molecular formula is C14H9FN2O2. The second-order valence-electron chi connectivity index (χ2n) is 3.81. The quantitative estimate of drug-likeness (QED) is 0.811. The average Bonchev–Trinajstić information content (AvgIpc) is 2.42. The molecule has 0 aliphatic carbocycles. The second-order valence-corrected chi connectivity index (χ2v) is 3.81. The predicted molar refractivity (Wildman–Crippen MR) is 67.2 cm³/mol. The van der Waals surface area contributed by atoms with Gasteiger partial charge in [0.05, 0.1) is 17.3 Å². The molecule has 0 radical (unpaired) electrons. The number of carbonyl (C=O) groups is 1. The number of nitrogens with one attached hydrogen (secondary N) is 1. The first-order valence-electron chi connectivity index (χ1n) is 5.40. The van der Waals surface area contributed by atoms with Gasteiger partial charge in [-0.1, -0.05) is 0 Å². The first kappa shape index (κ1) is 12.6. The van der Waals surface area contributed by atoms with Crippen LogP contribution in [0.4, 0.5) is 10.1 Å². The summed E-state index contributed by atoms with van der Waals surface area (Å²) in [6.07, 6.45) is 0. The molecule has 0 aromatic heterocycles. The maximum Gasteiger partial charge on any atom is 0.255 e. The van der Waals surface area contributed by atoms with E-state index in [9.17, 15) is 9.18 Å². The van der Waals surface area contributed by atoms with E-state index in [1.54, 1.807) is 0 Å². The third-order valence-corrected chi connectivity index (χ3v) is 2.48. The molecule has 19 heavy (non-hydrogen) atoms. The molecule has 2 rings (SSSR count). The Bertz CT molecular complexity index is 660. The number of phenolic OH excluding ortho intramolecular Hbond substituents is 1. The SMILES string of the molecule is N#Cc1ccc(C(=O)Nc2ccc(O)cc2F)cc1. The number of nitrogens with zero attached hydrogens (tertiary/aromatic N) is 1. The smallest absolute Gasteiger partial charge is 0.255 e. The lowest BCUT2D eigenvalue weighted by molar-refractivity contribution is 0.102. The molecule has 0 unspecified atom stereocenters. The van der Waals surface area contributed by atoms with E-state index in [0.29, 0.717) is 11.1 Å². The Balaban J connectivity index is 2.18. The van der Waals surface area contributed by atoms with Gasteiger partial charge in [-0.15, -0.1) is 0 Å². The van der Waals surface area contributed by atoms with Gasteiger partial charge in [-0.05, 0) is 36.4 Å². The molecule has 2 aromatic carbocycles. The zero-order valence-corrected chi connectivity index (χ0v) is 9.72. The molecule has 0 saturated heterocycles. The highest BCUT2D eigenvalue weighted by atomic mass is 19.1.